The van der Waals surface area contributed by atoms with Crippen LogP contribution < -0.4 is 4.74 Å². The van der Waals surface area contributed by atoms with Crippen molar-refractivity contribution in [3.05, 3.63) is 29.3 Å². The Morgan fingerprint density at radius 3 is 2.28 bits per heavy atom. The largest absolute Gasteiger partial charge is 0.497 e. The number of alkyl halides is 1. The van der Waals surface area contributed by atoms with E-state index in [2.05, 4.69) is 22.9 Å². The van der Waals surface area contributed by atoms with Crippen molar-refractivity contribution < 1.29 is 13.5 Å². The van der Waals surface area contributed by atoms with Gasteiger partial charge in [-0.2, -0.15) is 0 Å². The predicted molar refractivity (Wildman–Crippen MR) is 73.3 cm³/mol. The zero-order valence-corrected chi connectivity index (χ0v) is 12.4. The molecule has 0 fully saturated rings. The smallest absolute Gasteiger partial charge is 0.134 e. The van der Waals surface area contributed by atoms with Crippen molar-refractivity contribution in [2.45, 2.75) is 43.9 Å². The highest BCUT2D eigenvalue weighted by atomic mass is 79.9. The second kappa shape index (κ2) is 7.72. The van der Waals surface area contributed by atoms with Crippen molar-refractivity contribution in [2.75, 3.05) is 7.11 Å². The van der Waals surface area contributed by atoms with E-state index in [1.54, 1.807) is 0 Å². The Hall–Kier alpha value is -0.640. The zero-order valence-electron chi connectivity index (χ0n) is 10.8. The molecular formula is C14H19BrF2O. The van der Waals surface area contributed by atoms with Gasteiger partial charge in [0.05, 0.1) is 7.11 Å². The maximum atomic E-state index is 13.8. The molecule has 0 saturated carbocycles. The third kappa shape index (κ3) is 4.23. The van der Waals surface area contributed by atoms with Gasteiger partial charge in [-0.15, -0.1) is 0 Å². The second-order valence-electron chi connectivity index (χ2n) is 4.32. The number of ether oxygens (including phenoxy) is 1. The van der Waals surface area contributed by atoms with Crippen molar-refractivity contribution >= 4 is 15.9 Å². The molecule has 0 aliphatic carbocycles. The van der Waals surface area contributed by atoms with E-state index in [0.29, 0.717) is 0 Å². The van der Waals surface area contributed by atoms with E-state index in [-0.39, 0.29) is 16.1 Å². The molecule has 0 amide bonds. The monoisotopic (exact) mass is 320 g/mol. The fourth-order valence-electron chi connectivity index (χ4n) is 1.87. The first-order valence-electron chi connectivity index (χ1n) is 6.27. The summed E-state index contributed by atoms with van der Waals surface area (Å²) in [6.45, 7) is 2.13. The molecule has 0 aromatic heterocycles. The average Bonchev–Trinajstić information content (AvgIpc) is 2.33. The molecule has 0 bridgehead atoms. The molecule has 1 nitrogen and oxygen atoms in total. The predicted octanol–water partition coefficient (Wildman–Crippen LogP) is 5.38. The molecule has 1 aromatic carbocycles. The van der Waals surface area contributed by atoms with Crippen LogP contribution in [0.1, 0.15) is 49.4 Å². The minimum Gasteiger partial charge on any atom is -0.497 e. The van der Waals surface area contributed by atoms with Gasteiger partial charge in [-0.3, -0.25) is 0 Å². The van der Waals surface area contributed by atoms with Crippen LogP contribution in [0.5, 0.6) is 5.75 Å². The van der Waals surface area contributed by atoms with Crippen molar-refractivity contribution in [3.8, 4) is 5.75 Å². The van der Waals surface area contributed by atoms with E-state index in [0.717, 1.165) is 32.1 Å². The number of halogens is 3. The van der Waals surface area contributed by atoms with E-state index in [9.17, 15) is 8.78 Å². The van der Waals surface area contributed by atoms with Gasteiger partial charge in [0, 0.05) is 22.5 Å². The topological polar surface area (TPSA) is 9.23 Å². The maximum Gasteiger partial charge on any atom is 0.134 e. The summed E-state index contributed by atoms with van der Waals surface area (Å²) in [6, 6.07) is 2.44. The van der Waals surface area contributed by atoms with Gasteiger partial charge in [0.2, 0.25) is 0 Å². The van der Waals surface area contributed by atoms with E-state index in [4.69, 9.17) is 4.74 Å². The molecule has 0 aliphatic rings. The quantitative estimate of drug-likeness (QED) is 0.484. The van der Waals surface area contributed by atoms with Crippen LogP contribution in [0.4, 0.5) is 8.78 Å². The number of methoxy groups -OCH3 is 1. The average molecular weight is 321 g/mol. The van der Waals surface area contributed by atoms with Gasteiger partial charge in [0.1, 0.15) is 17.4 Å². The van der Waals surface area contributed by atoms with Gasteiger partial charge in [0.25, 0.3) is 0 Å². The Morgan fingerprint density at radius 2 is 1.78 bits per heavy atom. The Bertz CT molecular complexity index is 359. The summed E-state index contributed by atoms with van der Waals surface area (Å²) in [6.07, 6.45) is 5.11. The molecule has 0 N–H and O–H groups in total. The summed E-state index contributed by atoms with van der Waals surface area (Å²) >= 11 is 3.37. The SMILES string of the molecule is CCCCCCC(Br)c1c(F)cc(OC)cc1F. The number of hydrogen-bond donors (Lipinski definition) is 0. The fraction of sp³-hybridized carbons (Fsp3) is 0.571. The van der Waals surface area contributed by atoms with Crippen LogP contribution in [0.2, 0.25) is 0 Å². The lowest BCUT2D eigenvalue weighted by atomic mass is 10.0. The lowest BCUT2D eigenvalue weighted by molar-refractivity contribution is 0.404. The van der Waals surface area contributed by atoms with Gasteiger partial charge in [-0.1, -0.05) is 48.5 Å². The van der Waals surface area contributed by atoms with Crippen LogP contribution in [-0.4, -0.2) is 7.11 Å². The molecular weight excluding hydrogens is 302 g/mol. The van der Waals surface area contributed by atoms with Gasteiger partial charge >= 0.3 is 0 Å². The molecule has 1 aromatic rings. The van der Waals surface area contributed by atoms with E-state index in [1.807, 2.05) is 0 Å². The van der Waals surface area contributed by atoms with Gasteiger partial charge in [-0.05, 0) is 6.42 Å². The standard InChI is InChI=1S/C14H19BrF2O/c1-3-4-5-6-7-11(15)14-12(16)8-10(18-2)9-13(14)17/h8-9,11H,3-7H2,1-2H3. The second-order valence-corrected chi connectivity index (χ2v) is 5.43. The number of hydrogen-bond acceptors (Lipinski definition) is 1. The van der Waals surface area contributed by atoms with Gasteiger partial charge in [-0.25, -0.2) is 8.78 Å². The fourth-order valence-corrected chi connectivity index (χ4v) is 2.63. The third-order valence-electron chi connectivity index (χ3n) is 2.91. The minimum absolute atomic E-state index is 0.104. The summed E-state index contributed by atoms with van der Waals surface area (Å²) in [5.41, 5.74) is 0.104. The summed E-state index contributed by atoms with van der Waals surface area (Å²) in [7, 11) is 1.39. The van der Waals surface area contributed by atoms with Gasteiger partial charge < -0.3 is 4.74 Å². The van der Waals surface area contributed by atoms with Crippen LogP contribution in [0.15, 0.2) is 12.1 Å². The number of unbranched alkanes of at least 4 members (excludes halogenated alkanes) is 3. The number of rotatable bonds is 7. The lowest BCUT2D eigenvalue weighted by Crippen LogP contribution is -2.00. The normalized spacial score (nSPS) is 12.5. The van der Waals surface area contributed by atoms with Gasteiger partial charge in [0.15, 0.2) is 0 Å². The highest BCUT2D eigenvalue weighted by Gasteiger charge is 2.18. The first-order valence-corrected chi connectivity index (χ1v) is 7.18. The Balaban J connectivity index is 2.70. The molecule has 1 rings (SSSR count). The van der Waals surface area contributed by atoms with Crippen molar-refractivity contribution in [1.82, 2.24) is 0 Å². The van der Waals surface area contributed by atoms with E-state index >= 15 is 0 Å². The molecule has 0 aliphatic heterocycles. The lowest BCUT2D eigenvalue weighted by Gasteiger charge is -2.13. The molecule has 1 unspecified atom stereocenters. The summed E-state index contributed by atoms with van der Waals surface area (Å²) < 4.78 is 32.4. The molecule has 0 radical (unpaired) electrons. The molecule has 0 heterocycles. The molecule has 102 valence electrons. The first kappa shape index (κ1) is 15.4. The van der Waals surface area contributed by atoms with E-state index in [1.165, 1.54) is 19.2 Å². The van der Waals surface area contributed by atoms with Crippen LogP contribution in [0.3, 0.4) is 0 Å². The Kier molecular flexibility index (Phi) is 6.61. The highest BCUT2D eigenvalue weighted by molar-refractivity contribution is 9.09. The Morgan fingerprint density at radius 1 is 1.17 bits per heavy atom. The summed E-state index contributed by atoms with van der Waals surface area (Å²) in [5, 5.41) is 0. The molecule has 4 heteroatoms. The van der Waals surface area contributed by atoms with Crippen LogP contribution in [0, 0.1) is 11.6 Å². The van der Waals surface area contributed by atoms with Crippen LogP contribution in [0.25, 0.3) is 0 Å². The molecule has 18 heavy (non-hydrogen) atoms. The number of benzene rings is 1. The summed E-state index contributed by atoms with van der Waals surface area (Å²) in [5.74, 6) is -0.895. The highest BCUT2D eigenvalue weighted by Crippen LogP contribution is 2.34. The molecule has 0 saturated heterocycles. The summed E-state index contributed by atoms with van der Waals surface area (Å²) in [4.78, 5) is -0.278. The zero-order chi connectivity index (χ0) is 13.5. The van der Waals surface area contributed by atoms with Crippen molar-refractivity contribution in [3.63, 3.8) is 0 Å². The Labute approximate surface area is 116 Å². The van der Waals surface area contributed by atoms with Crippen molar-refractivity contribution in [1.29, 1.82) is 0 Å². The van der Waals surface area contributed by atoms with Crippen molar-refractivity contribution in [2.24, 2.45) is 0 Å². The van der Waals surface area contributed by atoms with Crippen LogP contribution in [-0.2, 0) is 0 Å². The van der Waals surface area contributed by atoms with E-state index < -0.39 is 11.6 Å². The molecule has 0 spiro atoms. The molecule has 1 atom stereocenters. The first-order chi connectivity index (χ1) is 8.60. The third-order valence-corrected chi connectivity index (χ3v) is 3.83. The minimum atomic E-state index is -0.552. The van der Waals surface area contributed by atoms with Crippen LogP contribution >= 0.6 is 15.9 Å². The maximum absolute atomic E-state index is 13.8.